The number of fused-ring (bicyclic) bond motifs is 5. The summed E-state index contributed by atoms with van der Waals surface area (Å²) in [6.45, 7) is 0. The number of carboxylic acid groups (broad SMARTS) is 1. The minimum Gasteiger partial charge on any atom is -0.478 e. The van der Waals surface area contributed by atoms with E-state index in [2.05, 4.69) is 16.5 Å². The van der Waals surface area contributed by atoms with E-state index in [9.17, 15) is 9.90 Å². The number of benzene rings is 2. The third kappa shape index (κ3) is 1.37. The van der Waals surface area contributed by atoms with Gasteiger partial charge in [-0.05, 0) is 23.6 Å². The summed E-state index contributed by atoms with van der Waals surface area (Å²) in [6, 6.07) is 17.6. The van der Waals surface area contributed by atoms with Gasteiger partial charge in [-0.3, -0.25) is 0 Å². The Morgan fingerprint density at radius 3 is 2.55 bits per heavy atom. The largest absolute Gasteiger partial charge is 0.478 e. The van der Waals surface area contributed by atoms with Gasteiger partial charge in [-0.15, -0.1) is 0 Å². The third-order valence-corrected chi connectivity index (χ3v) is 3.75. The summed E-state index contributed by atoms with van der Waals surface area (Å²) in [7, 11) is 0. The topological polar surface area (TPSA) is 41.7 Å². The van der Waals surface area contributed by atoms with Crippen LogP contribution in [0.2, 0.25) is 0 Å². The Morgan fingerprint density at radius 2 is 1.70 bits per heavy atom. The molecule has 3 heteroatoms. The van der Waals surface area contributed by atoms with Crippen LogP contribution in [0, 0.1) is 0 Å². The second-order valence-electron chi connectivity index (χ2n) is 4.85. The van der Waals surface area contributed by atoms with Crippen molar-refractivity contribution in [1.29, 1.82) is 0 Å². The summed E-state index contributed by atoms with van der Waals surface area (Å²) in [5.74, 6) is -0.893. The van der Waals surface area contributed by atoms with Crippen molar-refractivity contribution in [2.75, 3.05) is 0 Å². The predicted octanol–water partition coefficient (Wildman–Crippen LogP) is 3.94. The van der Waals surface area contributed by atoms with Crippen molar-refractivity contribution in [3.63, 3.8) is 0 Å². The lowest BCUT2D eigenvalue weighted by Crippen LogP contribution is -1.95. The maximum Gasteiger partial charge on any atom is 0.336 e. The molecule has 3 nitrogen and oxygen atoms in total. The van der Waals surface area contributed by atoms with Crippen LogP contribution in [0.4, 0.5) is 0 Å². The van der Waals surface area contributed by atoms with E-state index in [4.69, 9.17) is 0 Å². The number of carbonyl (C=O) groups is 1. The Hall–Kier alpha value is -2.81. The Balaban J connectivity index is 2.27. The Kier molecular flexibility index (Phi) is 2.12. The Labute approximate surface area is 114 Å². The highest BCUT2D eigenvalue weighted by atomic mass is 16.4. The van der Waals surface area contributed by atoms with Gasteiger partial charge in [-0.25, -0.2) is 4.79 Å². The van der Waals surface area contributed by atoms with Gasteiger partial charge < -0.3 is 9.51 Å². The van der Waals surface area contributed by atoms with Crippen LogP contribution in [-0.4, -0.2) is 15.5 Å². The minimum atomic E-state index is -0.893. The van der Waals surface area contributed by atoms with E-state index in [1.54, 1.807) is 12.1 Å². The number of nitrogens with zero attached hydrogens (tertiary/aromatic N) is 1. The van der Waals surface area contributed by atoms with Gasteiger partial charge in [0.15, 0.2) is 0 Å². The lowest BCUT2D eigenvalue weighted by Gasteiger charge is -2.01. The molecule has 20 heavy (non-hydrogen) atoms. The molecule has 0 radical (unpaired) electrons. The van der Waals surface area contributed by atoms with Gasteiger partial charge in [-0.2, -0.15) is 0 Å². The molecule has 0 saturated heterocycles. The summed E-state index contributed by atoms with van der Waals surface area (Å²) >= 11 is 0. The maximum atomic E-state index is 11.3. The molecule has 96 valence electrons. The zero-order valence-electron chi connectivity index (χ0n) is 10.6. The third-order valence-electron chi connectivity index (χ3n) is 3.75. The van der Waals surface area contributed by atoms with Gasteiger partial charge in [0.1, 0.15) is 0 Å². The van der Waals surface area contributed by atoms with Crippen LogP contribution in [0.3, 0.4) is 0 Å². The van der Waals surface area contributed by atoms with E-state index in [1.807, 2.05) is 36.5 Å². The molecular weight excluding hydrogens is 250 g/mol. The van der Waals surface area contributed by atoms with Crippen LogP contribution < -0.4 is 0 Å². The van der Waals surface area contributed by atoms with Gasteiger partial charge >= 0.3 is 5.97 Å². The Bertz CT molecular complexity index is 982. The smallest absolute Gasteiger partial charge is 0.336 e. The first kappa shape index (κ1) is 11.1. The number of rotatable bonds is 1. The Morgan fingerprint density at radius 1 is 0.850 bits per heavy atom. The molecule has 0 spiro atoms. The molecule has 4 aromatic rings. The number of carboxylic acids is 1. The lowest BCUT2D eigenvalue weighted by molar-refractivity contribution is 0.0699. The second-order valence-corrected chi connectivity index (χ2v) is 4.85. The number of aromatic nitrogens is 1. The van der Waals surface area contributed by atoms with Gasteiger partial charge in [0, 0.05) is 17.0 Å². The summed E-state index contributed by atoms with van der Waals surface area (Å²) in [6.07, 6.45) is 1.91. The van der Waals surface area contributed by atoms with Crippen LogP contribution in [0.25, 0.3) is 27.2 Å². The molecule has 0 aliphatic rings. The van der Waals surface area contributed by atoms with Crippen LogP contribution in [0.15, 0.2) is 60.8 Å². The highest BCUT2D eigenvalue weighted by molar-refractivity contribution is 6.10. The zero-order chi connectivity index (χ0) is 13.7. The van der Waals surface area contributed by atoms with Crippen molar-refractivity contribution in [2.45, 2.75) is 0 Å². The molecule has 2 aromatic carbocycles. The average Bonchev–Trinajstić information content (AvgIpc) is 2.86. The first-order valence-corrected chi connectivity index (χ1v) is 6.40. The standard InChI is InChI=1S/C17H11NO2/c19-17(20)13-6-3-5-12-14(13)10-18-15-7-2-1-4-11(15)8-9-16(12)18/h1-10H,(H,19,20). The van der Waals surface area contributed by atoms with E-state index >= 15 is 0 Å². The molecule has 0 aliphatic carbocycles. The number of hydrogen-bond acceptors (Lipinski definition) is 1. The van der Waals surface area contributed by atoms with Crippen molar-refractivity contribution < 1.29 is 9.90 Å². The van der Waals surface area contributed by atoms with Crippen molar-refractivity contribution in [3.05, 3.63) is 66.4 Å². The molecule has 0 bridgehead atoms. The van der Waals surface area contributed by atoms with Crippen molar-refractivity contribution >= 4 is 33.2 Å². The molecule has 0 saturated carbocycles. The highest BCUT2D eigenvalue weighted by Gasteiger charge is 2.12. The fourth-order valence-electron chi connectivity index (χ4n) is 2.83. The quantitative estimate of drug-likeness (QED) is 0.563. The number of para-hydroxylation sites is 1. The van der Waals surface area contributed by atoms with Crippen LogP contribution in [-0.2, 0) is 0 Å². The number of hydrogen-bond donors (Lipinski definition) is 1. The van der Waals surface area contributed by atoms with Gasteiger partial charge in [0.2, 0.25) is 0 Å². The van der Waals surface area contributed by atoms with E-state index < -0.39 is 5.97 Å². The molecule has 0 atom stereocenters. The van der Waals surface area contributed by atoms with Crippen LogP contribution in [0.5, 0.6) is 0 Å². The zero-order valence-corrected chi connectivity index (χ0v) is 10.6. The number of aromatic carboxylic acids is 1. The SMILES string of the molecule is O=C(O)c1cccc2c1cn1c3ccccc3ccc21. The van der Waals surface area contributed by atoms with E-state index in [-0.39, 0.29) is 0 Å². The van der Waals surface area contributed by atoms with E-state index in [1.165, 1.54) is 0 Å². The molecule has 0 unspecified atom stereocenters. The van der Waals surface area contributed by atoms with Gasteiger partial charge in [0.05, 0.1) is 16.6 Å². The summed E-state index contributed by atoms with van der Waals surface area (Å²) < 4.78 is 2.06. The van der Waals surface area contributed by atoms with Crippen molar-refractivity contribution in [1.82, 2.24) is 4.40 Å². The molecule has 2 aromatic heterocycles. The van der Waals surface area contributed by atoms with Crippen LogP contribution >= 0.6 is 0 Å². The average molecular weight is 261 g/mol. The summed E-state index contributed by atoms with van der Waals surface area (Å²) in [5.41, 5.74) is 2.45. The molecule has 0 amide bonds. The first-order chi connectivity index (χ1) is 9.75. The number of pyridine rings is 1. The molecule has 2 heterocycles. The normalized spacial score (nSPS) is 11.4. The predicted molar refractivity (Wildman–Crippen MR) is 79.4 cm³/mol. The maximum absolute atomic E-state index is 11.3. The molecule has 4 rings (SSSR count). The summed E-state index contributed by atoms with van der Waals surface area (Å²) in [4.78, 5) is 11.3. The van der Waals surface area contributed by atoms with E-state index in [0.29, 0.717) is 5.56 Å². The first-order valence-electron chi connectivity index (χ1n) is 6.40. The summed E-state index contributed by atoms with van der Waals surface area (Å²) in [5, 5.41) is 12.2. The molecule has 0 fully saturated rings. The van der Waals surface area contributed by atoms with Crippen LogP contribution in [0.1, 0.15) is 10.4 Å². The lowest BCUT2D eigenvalue weighted by atomic mass is 10.1. The fourth-order valence-corrected chi connectivity index (χ4v) is 2.83. The van der Waals surface area contributed by atoms with Crippen molar-refractivity contribution in [2.24, 2.45) is 0 Å². The molecule has 1 N–H and O–H groups in total. The van der Waals surface area contributed by atoms with Gasteiger partial charge in [-0.1, -0.05) is 36.4 Å². The van der Waals surface area contributed by atoms with E-state index in [0.717, 1.165) is 27.2 Å². The highest BCUT2D eigenvalue weighted by Crippen LogP contribution is 2.28. The second kappa shape index (κ2) is 3.84. The van der Waals surface area contributed by atoms with Gasteiger partial charge in [0.25, 0.3) is 0 Å². The molecule has 0 aliphatic heterocycles. The fraction of sp³-hybridized carbons (Fsp3) is 0. The minimum absolute atomic E-state index is 0.343. The molecular formula is C17H11NO2. The monoisotopic (exact) mass is 261 g/mol. The van der Waals surface area contributed by atoms with Crippen molar-refractivity contribution in [3.8, 4) is 0 Å².